The summed E-state index contributed by atoms with van der Waals surface area (Å²) >= 11 is 4.85. The van der Waals surface area contributed by atoms with E-state index in [4.69, 9.17) is 5.73 Å². The molecule has 0 heterocycles. The largest absolute Gasteiger partial charge is 0.324 e. The minimum absolute atomic E-state index is 0.0450. The number of hydrogen-bond donors (Lipinski definition) is 1. The minimum Gasteiger partial charge on any atom is -0.324 e. The number of rotatable bonds is 4. The maximum Gasteiger partial charge on any atom is 0.283 e. The average molecular weight is 353 g/mol. The highest BCUT2D eigenvalue weighted by Crippen LogP contribution is 2.38. The molecule has 0 spiro atoms. The number of halogens is 1. The second-order valence-electron chi connectivity index (χ2n) is 4.31. The Kier molecular flexibility index (Phi) is 4.80. The molecule has 2 N–H and O–H groups in total. The summed E-state index contributed by atoms with van der Waals surface area (Å²) in [5.74, 6) is 0. The maximum absolute atomic E-state index is 11.0. The third-order valence-electron chi connectivity index (χ3n) is 2.76. The van der Waals surface area contributed by atoms with Crippen LogP contribution >= 0.6 is 27.7 Å². The van der Waals surface area contributed by atoms with Gasteiger partial charge >= 0.3 is 0 Å². The molecule has 0 aromatic heterocycles. The van der Waals surface area contributed by atoms with Gasteiger partial charge in [-0.15, -0.1) is 0 Å². The summed E-state index contributed by atoms with van der Waals surface area (Å²) in [5, 5.41) is 11.0. The summed E-state index contributed by atoms with van der Waals surface area (Å²) in [6.45, 7) is 1.91. The summed E-state index contributed by atoms with van der Waals surface area (Å²) in [6, 6.07) is 12.5. The van der Waals surface area contributed by atoms with Gasteiger partial charge in [0, 0.05) is 21.5 Å². The van der Waals surface area contributed by atoms with Crippen LogP contribution in [0.3, 0.4) is 0 Å². The standard InChI is InChI=1S/C14H13BrN2O2S/c1-9(16)10-6-7-13(11(15)8-10)20-14-5-3-2-4-12(14)17(18)19/h2-9H,16H2,1H3/t9-/m0/s1. The fraction of sp³-hybridized carbons (Fsp3) is 0.143. The monoisotopic (exact) mass is 352 g/mol. The van der Waals surface area contributed by atoms with Crippen molar-refractivity contribution in [3.63, 3.8) is 0 Å². The van der Waals surface area contributed by atoms with E-state index in [0.29, 0.717) is 4.90 Å². The van der Waals surface area contributed by atoms with Crippen LogP contribution in [0.5, 0.6) is 0 Å². The van der Waals surface area contributed by atoms with Crippen LogP contribution in [0.25, 0.3) is 0 Å². The summed E-state index contributed by atoms with van der Waals surface area (Å²) in [5.41, 5.74) is 6.96. The predicted molar refractivity (Wildman–Crippen MR) is 84.0 cm³/mol. The van der Waals surface area contributed by atoms with Crippen molar-refractivity contribution in [2.45, 2.75) is 22.8 Å². The lowest BCUT2D eigenvalue weighted by molar-refractivity contribution is -0.387. The molecule has 0 radical (unpaired) electrons. The van der Waals surface area contributed by atoms with Crippen molar-refractivity contribution in [2.24, 2.45) is 5.73 Å². The molecule has 2 aromatic rings. The predicted octanol–water partition coefficient (Wildman–Crippen LogP) is 4.53. The van der Waals surface area contributed by atoms with E-state index in [0.717, 1.165) is 14.9 Å². The quantitative estimate of drug-likeness (QED) is 0.648. The van der Waals surface area contributed by atoms with Crippen molar-refractivity contribution in [3.8, 4) is 0 Å². The minimum atomic E-state index is -0.368. The normalized spacial score (nSPS) is 12.2. The Morgan fingerprint density at radius 1 is 1.25 bits per heavy atom. The van der Waals surface area contributed by atoms with Gasteiger partial charge in [0.1, 0.15) is 0 Å². The molecule has 0 bridgehead atoms. The molecule has 0 aliphatic rings. The van der Waals surface area contributed by atoms with Crippen molar-refractivity contribution in [2.75, 3.05) is 0 Å². The second kappa shape index (κ2) is 6.39. The van der Waals surface area contributed by atoms with Gasteiger partial charge in [0.25, 0.3) is 5.69 Å². The number of nitro benzene ring substituents is 1. The van der Waals surface area contributed by atoms with Crippen LogP contribution in [0.4, 0.5) is 5.69 Å². The number of nitrogens with two attached hydrogens (primary N) is 1. The molecule has 104 valence electrons. The Morgan fingerprint density at radius 3 is 2.55 bits per heavy atom. The summed E-state index contributed by atoms with van der Waals surface area (Å²) < 4.78 is 0.885. The highest BCUT2D eigenvalue weighted by molar-refractivity contribution is 9.10. The summed E-state index contributed by atoms with van der Waals surface area (Å²) in [6.07, 6.45) is 0. The molecular formula is C14H13BrN2O2S. The van der Waals surface area contributed by atoms with Gasteiger partial charge in [0.2, 0.25) is 0 Å². The third kappa shape index (κ3) is 3.39. The molecule has 6 heteroatoms. The lowest BCUT2D eigenvalue weighted by Gasteiger charge is -2.09. The lowest BCUT2D eigenvalue weighted by atomic mass is 10.1. The van der Waals surface area contributed by atoms with Crippen molar-refractivity contribution in [1.82, 2.24) is 0 Å². The van der Waals surface area contributed by atoms with Crippen molar-refractivity contribution in [1.29, 1.82) is 0 Å². The Labute approximate surface area is 129 Å². The first-order valence-electron chi connectivity index (χ1n) is 5.95. The fourth-order valence-corrected chi connectivity index (χ4v) is 3.26. The molecule has 4 nitrogen and oxygen atoms in total. The number of para-hydroxylation sites is 1. The van der Waals surface area contributed by atoms with Gasteiger partial charge in [-0.1, -0.05) is 30.0 Å². The lowest BCUT2D eigenvalue weighted by Crippen LogP contribution is -2.04. The van der Waals surface area contributed by atoms with E-state index in [1.165, 1.54) is 17.8 Å². The van der Waals surface area contributed by atoms with Gasteiger partial charge in [-0.2, -0.15) is 0 Å². The third-order valence-corrected chi connectivity index (χ3v) is 4.82. The zero-order chi connectivity index (χ0) is 14.7. The Morgan fingerprint density at radius 2 is 1.95 bits per heavy atom. The highest BCUT2D eigenvalue weighted by Gasteiger charge is 2.15. The van der Waals surface area contributed by atoms with Crippen LogP contribution in [-0.4, -0.2) is 4.92 Å². The zero-order valence-electron chi connectivity index (χ0n) is 10.7. The molecule has 1 atom stereocenters. The Hall–Kier alpha value is -1.37. The molecule has 0 fully saturated rings. The van der Waals surface area contributed by atoms with E-state index in [-0.39, 0.29) is 16.7 Å². The van der Waals surface area contributed by atoms with Crippen molar-refractivity contribution < 1.29 is 4.92 Å². The first-order chi connectivity index (χ1) is 9.49. The van der Waals surface area contributed by atoms with E-state index in [2.05, 4.69) is 15.9 Å². The van der Waals surface area contributed by atoms with E-state index in [9.17, 15) is 10.1 Å². The van der Waals surface area contributed by atoms with E-state index < -0.39 is 0 Å². The van der Waals surface area contributed by atoms with E-state index in [1.807, 2.05) is 25.1 Å². The molecule has 0 unspecified atom stereocenters. The molecule has 0 aliphatic carbocycles. The average Bonchev–Trinajstić information content (AvgIpc) is 2.41. The summed E-state index contributed by atoms with van der Waals surface area (Å²) in [7, 11) is 0. The Balaban J connectivity index is 2.33. The molecule has 0 amide bonds. The second-order valence-corrected chi connectivity index (χ2v) is 6.24. The molecule has 0 aliphatic heterocycles. The molecule has 2 aromatic carbocycles. The SMILES string of the molecule is C[C@H](N)c1ccc(Sc2ccccc2[N+](=O)[O-])c(Br)c1. The van der Waals surface area contributed by atoms with Crippen LogP contribution in [0.1, 0.15) is 18.5 Å². The van der Waals surface area contributed by atoms with Gasteiger partial charge in [-0.3, -0.25) is 10.1 Å². The Bertz CT molecular complexity index is 647. The first kappa shape index (κ1) is 15.0. The zero-order valence-corrected chi connectivity index (χ0v) is 13.1. The van der Waals surface area contributed by atoms with Crippen LogP contribution in [-0.2, 0) is 0 Å². The van der Waals surface area contributed by atoms with Gasteiger partial charge in [0.15, 0.2) is 0 Å². The fourth-order valence-electron chi connectivity index (χ4n) is 1.70. The van der Waals surface area contributed by atoms with Crippen LogP contribution in [0.15, 0.2) is 56.7 Å². The van der Waals surface area contributed by atoms with Gasteiger partial charge in [-0.25, -0.2) is 0 Å². The molecule has 0 saturated carbocycles. The number of benzene rings is 2. The van der Waals surface area contributed by atoms with Crippen LogP contribution in [0.2, 0.25) is 0 Å². The van der Waals surface area contributed by atoms with Gasteiger partial charge < -0.3 is 5.73 Å². The molecular weight excluding hydrogens is 340 g/mol. The number of hydrogen-bond acceptors (Lipinski definition) is 4. The number of nitro groups is 1. The smallest absolute Gasteiger partial charge is 0.283 e. The van der Waals surface area contributed by atoms with E-state index in [1.54, 1.807) is 18.2 Å². The van der Waals surface area contributed by atoms with Gasteiger partial charge in [-0.05, 0) is 46.6 Å². The molecule has 0 saturated heterocycles. The van der Waals surface area contributed by atoms with Crippen LogP contribution in [0, 0.1) is 10.1 Å². The maximum atomic E-state index is 11.0. The first-order valence-corrected chi connectivity index (χ1v) is 7.56. The molecule has 20 heavy (non-hydrogen) atoms. The van der Waals surface area contributed by atoms with Crippen LogP contribution < -0.4 is 5.73 Å². The highest BCUT2D eigenvalue weighted by atomic mass is 79.9. The summed E-state index contributed by atoms with van der Waals surface area (Å²) in [4.78, 5) is 12.2. The van der Waals surface area contributed by atoms with Gasteiger partial charge in [0.05, 0.1) is 9.82 Å². The van der Waals surface area contributed by atoms with Crippen molar-refractivity contribution >= 4 is 33.4 Å². The topological polar surface area (TPSA) is 69.2 Å². The number of nitrogens with zero attached hydrogens (tertiary/aromatic N) is 1. The van der Waals surface area contributed by atoms with Crippen molar-refractivity contribution in [3.05, 3.63) is 62.6 Å². The van der Waals surface area contributed by atoms with E-state index >= 15 is 0 Å². The molecule has 2 rings (SSSR count).